The van der Waals surface area contributed by atoms with Crippen LogP contribution in [0.4, 0.5) is 0 Å². The third-order valence-corrected chi connectivity index (χ3v) is 5.77. The van der Waals surface area contributed by atoms with Crippen molar-refractivity contribution in [1.29, 1.82) is 0 Å². The minimum Gasteiger partial charge on any atom is -0.493 e. The lowest BCUT2D eigenvalue weighted by molar-refractivity contribution is 0.0956. The Bertz CT molecular complexity index is 1390. The maximum atomic E-state index is 12.7. The topological polar surface area (TPSA) is 72.8 Å². The van der Waals surface area contributed by atoms with Crippen LogP contribution in [0.15, 0.2) is 71.8 Å². The number of amides is 1. The third-order valence-electron chi connectivity index (χ3n) is 5.03. The zero-order valence-corrected chi connectivity index (χ0v) is 20.0. The summed E-state index contributed by atoms with van der Waals surface area (Å²) in [5, 5.41) is 5.83. The Morgan fingerprint density at radius 2 is 1.85 bits per heavy atom. The summed E-state index contributed by atoms with van der Waals surface area (Å²) >= 11 is 12.0. The third kappa shape index (κ3) is 5.47. The van der Waals surface area contributed by atoms with Crippen molar-refractivity contribution in [3.63, 3.8) is 0 Å². The Morgan fingerprint density at radius 1 is 1.03 bits per heavy atom. The summed E-state index contributed by atoms with van der Waals surface area (Å²) in [6.07, 6.45) is 1.54. The maximum absolute atomic E-state index is 12.7. The van der Waals surface area contributed by atoms with Crippen LogP contribution in [-0.2, 0) is 6.61 Å². The van der Waals surface area contributed by atoms with E-state index in [-0.39, 0.29) is 5.91 Å². The van der Waals surface area contributed by atoms with E-state index in [1.54, 1.807) is 43.7 Å². The van der Waals surface area contributed by atoms with E-state index in [9.17, 15) is 4.79 Å². The van der Waals surface area contributed by atoms with Gasteiger partial charge in [-0.3, -0.25) is 9.78 Å². The van der Waals surface area contributed by atoms with Crippen molar-refractivity contribution in [3.05, 3.63) is 99.2 Å². The number of aryl methyl sites for hydroxylation is 1. The summed E-state index contributed by atoms with van der Waals surface area (Å²) < 4.78 is 11.3. The normalized spacial score (nSPS) is 11.1. The number of fused-ring (bicyclic) bond motifs is 1. The van der Waals surface area contributed by atoms with E-state index in [1.807, 2.05) is 43.3 Å². The van der Waals surface area contributed by atoms with Crippen molar-refractivity contribution < 1.29 is 14.3 Å². The number of aromatic nitrogens is 1. The van der Waals surface area contributed by atoms with Crippen LogP contribution >= 0.6 is 23.2 Å². The van der Waals surface area contributed by atoms with Gasteiger partial charge in [-0.2, -0.15) is 5.10 Å². The first kappa shape index (κ1) is 23.5. The van der Waals surface area contributed by atoms with Crippen LogP contribution < -0.4 is 14.9 Å². The van der Waals surface area contributed by atoms with Crippen LogP contribution in [0.3, 0.4) is 0 Å². The van der Waals surface area contributed by atoms with E-state index in [0.29, 0.717) is 33.7 Å². The van der Waals surface area contributed by atoms with Crippen molar-refractivity contribution in [2.75, 3.05) is 7.11 Å². The second-order valence-electron chi connectivity index (χ2n) is 7.47. The molecule has 4 aromatic rings. The van der Waals surface area contributed by atoms with Crippen molar-refractivity contribution in [3.8, 4) is 11.5 Å². The summed E-state index contributed by atoms with van der Waals surface area (Å²) in [4.78, 5) is 17.2. The number of hydrazone groups is 1. The Balaban J connectivity index is 1.44. The average molecular weight is 494 g/mol. The molecule has 1 amide bonds. The highest BCUT2D eigenvalue weighted by Gasteiger charge is 2.11. The van der Waals surface area contributed by atoms with Gasteiger partial charge in [-0.05, 0) is 60.5 Å². The van der Waals surface area contributed by atoms with Gasteiger partial charge in [-0.25, -0.2) is 5.43 Å². The Kier molecular flexibility index (Phi) is 7.30. The second-order valence-corrected chi connectivity index (χ2v) is 8.29. The number of methoxy groups -OCH3 is 1. The minimum absolute atomic E-state index is 0.302. The van der Waals surface area contributed by atoms with E-state index in [4.69, 9.17) is 32.7 Å². The van der Waals surface area contributed by atoms with Crippen LogP contribution in [-0.4, -0.2) is 24.2 Å². The van der Waals surface area contributed by atoms with Gasteiger partial charge in [0.15, 0.2) is 11.5 Å². The standard InChI is InChI=1S/C26H21Cl2N3O3/c1-16-11-20(19-5-3-4-6-23(19)30-16)26(32)31-29-14-17-8-10-24(25(13-17)33-2)34-15-18-7-9-21(27)22(28)12-18/h3-14H,15H2,1-2H3,(H,31,32)/b29-14-. The summed E-state index contributed by atoms with van der Waals surface area (Å²) in [6.45, 7) is 2.15. The highest BCUT2D eigenvalue weighted by atomic mass is 35.5. The van der Waals surface area contributed by atoms with E-state index in [0.717, 1.165) is 27.7 Å². The fourth-order valence-electron chi connectivity index (χ4n) is 3.40. The van der Waals surface area contributed by atoms with E-state index < -0.39 is 0 Å². The van der Waals surface area contributed by atoms with Gasteiger partial charge in [0.1, 0.15) is 6.61 Å². The van der Waals surface area contributed by atoms with Gasteiger partial charge < -0.3 is 9.47 Å². The molecule has 0 aliphatic rings. The monoisotopic (exact) mass is 493 g/mol. The molecule has 0 saturated carbocycles. The van der Waals surface area contributed by atoms with Gasteiger partial charge in [0.2, 0.25) is 0 Å². The first-order valence-electron chi connectivity index (χ1n) is 10.4. The number of rotatable bonds is 7. The zero-order chi connectivity index (χ0) is 24.1. The molecule has 8 heteroatoms. The van der Waals surface area contributed by atoms with Crippen LogP contribution in [0, 0.1) is 6.92 Å². The van der Waals surface area contributed by atoms with E-state index >= 15 is 0 Å². The van der Waals surface area contributed by atoms with E-state index in [2.05, 4.69) is 15.5 Å². The van der Waals surface area contributed by atoms with Gasteiger partial charge in [0.25, 0.3) is 5.91 Å². The molecular weight excluding hydrogens is 473 g/mol. The maximum Gasteiger partial charge on any atom is 0.272 e. The van der Waals surface area contributed by atoms with Gasteiger partial charge in [0.05, 0.1) is 34.4 Å². The second kappa shape index (κ2) is 10.5. The highest BCUT2D eigenvalue weighted by molar-refractivity contribution is 6.42. The number of nitrogens with one attached hydrogen (secondary N) is 1. The lowest BCUT2D eigenvalue weighted by Gasteiger charge is -2.12. The molecule has 3 aromatic carbocycles. The fraction of sp³-hybridized carbons (Fsp3) is 0.115. The Morgan fingerprint density at radius 3 is 2.65 bits per heavy atom. The molecule has 0 aliphatic carbocycles. The number of ether oxygens (including phenoxy) is 2. The van der Waals surface area contributed by atoms with Gasteiger partial charge in [-0.1, -0.05) is 47.5 Å². The molecule has 0 fully saturated rings. The average Bonchev–Trinajstić information content (AvgIpc) is 2.84. The molecular formula is C26H21Cl2N3O3. The van der Waals surface area contributed by atoms with Crippen molar-refractivity contribution in [2.45, 2.75) is 13.5 Å². The predicted molar refractivity (Wildman–Crippen MR) is 135 cm³/mol. The van der Waals surface area contributed by atoms with Crippen LogP contribution in [0.25, 0.3) is 10.9 Å². The lowest BCUT2D eigenvalue weighted by atomic mass is 10.1. The van der Waals surface area contributed by atoms with Crippen LogP contribution in [0.5, 0.6) is 11.5 Å². The van der Waals surface area contributed by atoms with Crippen molar-refractivity contribution in [2.24, 2.45) is 5.10 Å². The smallest absolute Gasteiger partial charge is 0.272 e. The molecule has 4 rings (SSSR count). The number of carbonyl (C=O) groups excluding carboxylic acids is 1. The summed E-state index contributed by atoms with van der Waals surface area (Å²) in [5.41, 5.74) is 6.23. The van der Waals surface area contributed by atoms with Crippen LogP contribution in [0.1, 0.15) is 27.2 Å². The number of para-hydroxylation sites is 1. The molecule has 0 bridgehead atoms. The molecule has 0 radical (unpaired) electrons. The molecule has 0 spiro atoms. The molecule has 6 nitrogen and oxygen atoms in total. The summed E-state index contributed by atoms with van der Waals surface area (Å²) in [6, 6.07) is 19.9. The summed E-state index contributed by atoms with van der Waals surface area (Å²) in [5.74, 6) is 0.783. The van der Waals surface area contributed by atoms with Gasteiger partial charge >= 0.3 is 0 Å². The molecule has 1 heterocycles. The van der Waals surface area contributed by atoms with Crippen molar-refractivity contribution in [1.82, 2.24) is 10.4 Å². The lowest BCUT2D eigenvalue weighted by Crippen LogP contribution is -2.18. The minimum atomic E-state index is -0.313. The number of halogens is 2. The highest BCUT2D eigenvalue weighted by Crippen LogP contribution is 2.29. The van der Waals surface area contributed by atoms with Crippen molar-refractivity contribution >= 4 is 46.2 Å². The zero-order valence-electron chi connectivity index (χ0n) is 18.5. The quantitative estimate of drug-likeness (QED) is 0.245. The Labute approximate surface area is 207 Å². The number of nitrogens with zero attached hydrogens (tertiary/aromatic N) is 2. The molecule has 0 saturated heterocycles. The summed E-state index contributed by atoms with van der Waals surface area (Å²) in [7, 11) is 1.56. The SMILES string of the molecule is COc1cc(/C=N\NC(=O)c2cc(C)nc3ccccc23)ccc1OCc1ccc(Cl)c(Cl)c1. The number of hydrogen-bond acceptors (Lipinski definition) is 5. The first-order chi connectivity index (χ1) is 16.4. The van der Waals surface area contributed by atoms with Crippen LogP contribution in [0.2, 0.25) is 10.0 Å². The van der Waals surface area contributed by atoms with E-state index in [1.165, 1.54) is 0 Å². The van der Waals surface area contributed by atoms with Gasteiger partial charge in [0, 0.05) is 11.1 Å². The number of pyridine rings is 1. The van der Waals surface area contributed by atoms with Gasteiger partial charge in [-0.15, -0.1) is 0 Å². The molecule has 0 aliphatic heterocycles. The number of benzene rings is 3. The fourth-order valence-corrected chi connectivity index (χ4v) is 3.72. The Hall–Kier alpha value is -3.61. The number of hydrogen-bond donors (Lipinski definition) is 1. The number of carbonyl (C=O) groups is 1. The molecule has 1 N–H and O–H groups in total. The predicted octanol–water partition coefficient (Wildman–Crippen LogP) is 6.20. The molecule has 1 aromatic heterocycles. The molecule has 0 unspecified atom stereocenters. The first-order valence-corrected chi connectivity index (χ1v) is 11.1. The molecule has 34 heavy (non-hydrogen) atoms. The largest absolute Gasteiger partial charge is 0.493 e. The molecule has 172 valence electrons. The molecule has 0 atom stereocenters.